The van der Waals surface area contributed by atoms with E-state index in [0.29, 0.717) is 0 Å². The van der Waals surface area contributed by atoms with Gasteiger partial charge in [0, 0.05) is 29.6 Å². The maximum absolute atomic E-state index is 3.29. The van der Waals surface area contributed by atoms with Crippen LogP contribution in [0.2, 0.25) is 0 Å². The molecule has 0 fully saturated rings. The fourth-order valence-electron chi connectivity index (χ4n) is 3.30. The monoisotopic (exact) mass is 452 g/mol. The molecule has 3 aromatic rings. The number of nitrogens with zero attached hydrogens (tertiary/aromatic N) is 1. The third kappa shape index (κ3) is 3.58. The summed E-state index contributed by atoms with van der Waals surface area (Å²) < 4.78 is 2.27. The van der Waals surface area contributed by atoms with Crippen LogP contribution >= 0.6 is 0 Å². The van der Waals surface area contributed by atoms with Gasteiger partial charge in [-0.3, -0.25) is 0 Å². The molecule has 26 heavy (non-hydrogen) atoms. The highest BCUT2D eigenvalue weighted by molar-refractivity contribution is 5.88. The number of benzene rings is 2. The first-order valence-electron chi connectivity index (χ1n) is 8.69. The van der Waals surface area contributed by atoms with Crippen molar-refractivity contribution in [2.24, 2.45) is 0 Å². The van der Waals surface area contributed by atoms with Crippen molar-refractivity contribution in [3.8, 4) is 0 Å². The second-order valence-corrected chi connectivity index (χ2v) is 6.08. The van der Waals surface area contributed by atoms with Crippen molar-refractivity contribution in [3.05, 3.63) is 96.3 Å². The fraction of sp³-hybridized carbons (Fsp3) is 0.0870. The molecule has 2 nitrogen and oxygen atoms in total. The van der Waals surface area contributed by atoms with Crippen LogP contribution in [0.15, 0.2) is 85.2 Å². The number of rotatable bonds is 3. The summed E-state index contributed by atoms with van der Waals surface area (Å²) in [6.45, 7) is 3.15. The molecule has 0 saturated heterocycles. The van der Waals surface area contributed by atoms with E-state index in [1.54, 1.807) is 0 Å². The zero-order valence-corrected chi connectivity index (χ0v) is 16.9. The van der Waals surface area contributed by atoms with Crippen LogP contribution in [0.1, 0.15) is 18.1 Å². The maximum atomic E-state index is 3.29. The highest BCUT2D eigenvalue weighted by Gasteiger charge is 2.09. The van der Waals surface area contributed by atoms with E-state index in [4.69, 9.17) is 0 Å². The smallest absolute Gasteiger partial charge is 0.213 e. The number of hydrogen-bond acceptors (Lipinski definition) is 1. The fourth-order valence-corrected chi connectivity index (χ4v) is 3.30. The Bertz CT molecular complexity index is 1020. The van der Waals surface area contributed by atoms with Crippen molar-refractivity contribution < 1.29 is 28.5 Å². The van der Waals surface area contributed by atoms with Gasteiger partial charge < -0.3 is 29.3 Å². The number of nitrogens with one attached hydrogen (secondary N) is 1. The molecule has 1 aliphatic rings. The third-order valence-corrected chi connectivity index (χ3v) is 4.59. The van der Waals surface area contributed by atoms with Crippen LogP contribution in [0.4, 0.5) is 5.69 Å². The summed E-state index contributed by atoms with van der Waals surface area (Å²) in [6.07, 6.45) is 12.8. The van der Waals surface area contributed by atoms with E-state index in [1.165, 1.54) is 27.6 Å². The van der Waals surface area contributed by atoms with Crippen molar-refractivity contribution in [2.75, 3.05) is 5.32 Å². The summed E-state index contributed by atoms with van der Waals surface area (Å²) in [6, 6.07) is 19.1. The van der Waals surface area contributed by atoms with Gasteiger partial charge in [0.25, 0.3) is 0 Å². The Morgan fingerprint density at radius 3 is 2.69 bits per heavy atom. The maximum Gasteiger partial charge on any atom is 0.213 e. The summed E-state index contributed by atoms with van der Waals surface area (Å²) in [4.78, 5) is 0. The second-order valence-electron chi connectivity index (χ2n) is 6.08. The van der Waals surface area contributed by atoms with Crippen LogP contribution in [-0.4, -0.2) is 0 Å². The van der Waals surface area contributed by atoms with Crippen LogP contribution in [0.5, 0.6) is 0 Å². The Hall–Kier alpha value is -2.40. The molecule has 2 heterocycles. The number of aromatic nitrogens is 1. The number of aryl methyl sites for hydroxylation is 1. The summed E-state index contributed by atoms with van der Waals surface area (Å²) in [7, 11) is 0. The average Bonchev–Trinajstić information content (AvgIpc) is 2.68. The topological polar surface area (TPSA) is 15.9 Å². The van der Waals surface area contributed by atoms with E-state index < -0.39 is 0 Å². The molecule has 0 bridgehead atoms. The van der Waals surface area contributed by atoms with Gasteiger partial charge in [0.05, 0.1) is 5.39 Å². The van der Waals surface area contributed by atoms with Crippen LogP contribution < -0.4 is 33.9 Å². The number of hydrogen-bond donors (Lipinski definition) is 1. The van der Waals surface area contributed by atoms with E-state index >= 15 is 0 Å². The number of allylic oxidation sites excluding steroid dienone is 4. The normalized spacial score (nSPS) is 14.3. The van der Waals surface area contributed by atoms with E-state index in [2.05, 4.69) is 102 Å². The highest BCUT2D eigenvalue weighted by atomic mass is 127. The molecule has 3 heteroatoms. The average molecular weight is 452 g/mol. The number of halogens is 1. The zero-order chi connectivity index (χ0) is 17.1. The number of anilines is 1. The minimum Gasteiger partial charge on any atom is -1.00 e. The van der Waals surface area contributed by atoms with Crippen LogP contribution in [0.25, 0.3) is 22.6 Å². The van der Waals surface area contributed by atoms with Crippen molar-refractivity contribution >= 4 is 28.2 Å². The molecule has 0 radical (unpaired) electrons. The molecule has 1 N–H and O–H groups in total. The molecule has 0 atom stereocenters. The Labute approximate surface area is 171 Å². The molecular weight excluding hydrogens is 431 g/mol. The van der Waals surface area contributed by atoms with Crippen molar-refractivity contribution in [3.63, 3.8) is 0 Å². The van der Waals surface area contributed by atoms with Crippen LogP contribution in [0.3, 0.4) is 0 Å². The molecule has 0 aliphatic carbocycles. The predicted octanol–water partition coefficient (Wildman–Crippen LogP) is 2.19. The highest BCUT2D eigenvalue weighted by Crippen LogP contribution is 2.28. The van der Waals surface area contributed by atoms with Crippen molar-refractivity contribution in [1.29, 1.82) is 0 Å². The largest absolute Gasteiger partial charge is 1.00 e. The molecule has 2 aromatic carbocycles. The first kappa shape index (κ1) is 18.4. The number of para-hydroxylation sites is 2. The van der Waals surface area contributed by atoms with Gasteiger partial charge in [-0.15, -0.1) is 0 Å². The molecule has 1 aliphatic heterocycles. The minimum atomic E-state index is 0. The van der Waals surface area contributed by atoms with Gasteiger partial charge in [-0.25, -0.2) is 0 Å². The molecule has 1 aromatic heterocycles. The Balaban J connectivity index is 0.00000196. The van der Waals surface area contributed by atoms with Gasteiger partial charge in [0.2, 0.25) is 5.52 Å². The quantitative estimate of drug-likeness (QED) is 0.476. The lowest BCUT2D eigenvalue weighted by molar-refractivity contribution is -0.667. The van der Waals surface area contributed by atoms with E-state index in [9.17, 15) is 0 Å². The van der Waals surface area contributed by atoms with Gasteiger partial charge >= 0.3 is 0 Å². The first-order chi connectivity index (χ1) is 12.4. The molecule has 4 rings (SSSR count). The molecule has 0 spiro atoms. The standard InChI is InChI=1S/C23H20N2.HI/c1-2-25-17-15-19(21-11-4-6-13-23(21)25)9-7-8-18-14-16-24-22-12-5-3-10-20(18)22;/h3-17H,2H2,1H3;1H. The molecular formula is C23H21IN2. The molecule has 0 saturated carbocycles. The lowest BCUT2D eigenvalue weighted by Gasteiger charge is -2.14. The Morgan fingerprint density at radius 1 is 1.00 bits per heavy atom. The molecule has 130 valence electrons. The number of fused-ring (bicyclic) bond motifs is 2. The van der Waals surface area contributed by atoms with Gasteiger partial charge in [0.1, 0.15) is 6.54 Å². The lowest BCUT2D eigenvalue weighted by atomic mass is 10.0. The number of pyridine rings is 1. The SMILES string of the molecule is CC[n+]1ccc(C=CC=C2C=CNc3ccccc32)c2ccccc21.[I-]. The summed E-state index contributed by atoms with van der Waals surface area (Å²) in [5.74, 6) is 0. The predicted molar refractivity (Wildman–Crippen MR) is 106 cm³/mol. The molecule has 0 unspecified atom stereocenters. The van der Waals surface area contributed by atoms with Gasteiger partial charge in [-0.1, -0.05) is 48.6 Å². The third-order valence-electron chi connectivity index (χ3n) is 4.59. The van der Waals surface area contributed by atoms with Crippen LogP contribution in [-0.2, 0) is 6.54 Å². The zero-order valence-electron chi connectivity index (χ0n) is 14.7. The van der Waals surface area contributed by atoms with E-state index in [1.807, 2.05) is 6.20 Å². The second kappa shape index (κ2) is 8.32. The van der Waals surface area contributed by atoms with E-state index in [-0.39, 0.29) is 24.0 Å². The van der Waals surface area contributed by atoms with Crippen LogP contribution in [0, 0.1) is 0 Å². The minimum absolute atomic E-state index is 0. The Kier molecular flexibility index (Phi) is 5.89. The van der Waals surface area contributed by atoms with E-state index in [0.717, 1.165) is 12.2 Å². The van der Waals surface area contributed by atoms with Gasteiger partial charge in [-0.2, -0.15) is 4.57 Å². The van der Waals surface area contributed by atoms with Gasteiger partial charge in [0.15, 0.2) is 6.20 Å². The summed E-state index contributed by atoms with van der Waals surface area (Å²) >= 11 is 0. The Morgan fingerprint density at radius 2 is 1.81 bits per heavy atom. The molecule has 0 amide bonds. The van der Waals surface area contributed by atoms with Gasteiger partial charge in [-0.05, 0) is 36.3 Å². The lowest BCUT2D eigenvalue weighted by Crippen LogP contribution is -3.00. The summed E-state index contributed by atoms with van der Waals surface area (Å²) in [5.41, 5.74) is 6.11. The van der Waals surface area contributed by atoms with Crippen molar-refractivity contribution in [2.45, 2.75) is 13.5 Å². The first-order valence-corrected chi connectivity index (χ1v) is 8.69. The summed E-state index contributed by atoms with van der Waals surface area (Å²) in [5, 5.41) is 4.57. The van der Waals surface area contributed by atoms with Crippen molar-refractivity contribution in [1.82, 2.24) is 0 Å².